The summed E-state index contributed by atoms with van der Waals surface area (Å²) in [6, 6.07) is 9.58. The van der Waals surface area contributed by atoms with E-state index in [1.807, 2.05) is 42.5 Å². The Balaban J connectivity index is 1.95. The lowest BCUT2D eigenvalue weighted by molar-refractivity contribution is -0.118. The first-order valence-corrected chi connectivity index (χ1v) is 6.28. The molecule has 0 spiro atoms. The highest BCUT2D eigenvalue weighted by Crippen LogP contribution is 2.35. The Hall–Kier alpha value is -1.83. The first kappa shape index (κ1) is 12.6. The topological polar surface area (TPSA) is 29.1 Å². The lowest BCUT2D eigenvalue weighted by Crippen LogP contribution is -2.27. The SMILES string of the molecule is CC(C)(CC(=O)Nc1ccccc1)C1C=CC=C1. The van der Waals surface area contributed by atoms with Crippen molar-refractivity contribution in [1.82, 2.24) is 0 Å². The van der Waals surface area contributed by atoms with Gasteiger partial charge < -0.3 is 5.32 Å². The van der Waals surface area contributed by atoms with Crippen LogP contribution in [0.1, 0.15) is 20.3 Å². The third-order valence-electron chi connectivity index (χ3n) is 3.32. The van der Waals surface area contributed by atoms with Gasteiger partial charge in [-0.2, -0.15) is 0 Å². The third kappa shape index (κ3) is 3.10. The van der Waals surface area contributed by atoms with Gasteiger partial charge in [0.15, 0.2) is 0 Å². The highest BCUT2D eigenvalue weighted by atomic mass is 16.1. The quantitative estimate of drug-likeness (QED) is 0.854. The summed E-state index contributed by atoms with van der Waals surface area (Å²) >= 11 is 0. The van der Waals surface area contributed by atoms with E-state index in [0.29, 0.717) is 12.3 Å². The maximum atomic E-state index is 12.0. The van der Waals surface area contributed by atoms with Crippen molar-refractivity contribution in [2.24, 2.45) is 11.3 Å². The van der Waals surface area contributed by atoms with Crippen LogP contribution in [0, 0.1) is 11.3 Å². The fourth-order valence-electron chi connectivity index (χ4n) is 2.21. The van der Waals surface area contributed by atoms with E-state index in [-0.39, 0.29) is 11.3 Å². The first-order chi connectivity index (χ1) is 8.58. The molecule has 0 radical (unpaired) electrons. The number of para-hydroxylation sites is 1. The van der Waals surface area contributed by atoms with Gasteiger partial charge in [0.2, 0.25) is 5.91 Å². The Morgan fingerprint density at radius 3 is 2.39 bits per heavy atom. The Bertz CT molecular complexity index is 459. The number of hydrogen-bond acceptors (Lipinski definition) is 1. The van der Waals surface area contributed by atoms with Crippen LogP contribution in [0.15, 0.2) is 54.6 Å². The molecule has 0 bridgehead atoms. The molecule has 18 heavy (non-hydrogen) atoms. The van der Waals surface area contributed by atoms with Crippen molar-refractivity contribution < 1.29 is 4.79 Å². The van der Waals surface area contributed by atoms with Gasteiger partial charge in [-0.15, -0.1) is 0 Å². The van der Waals surface area contributed by atoms with E-state index in [0.717, 1.165) is 5.69 Å². The van der Waals surface area contributed by atoms with Gasteiger partial charge in [-0.05, 0) is 17.5 Å². The molecule has 1 aliphatic carbocycles. The summed E-state index contributed by atoms with van der Waals surface area (Å²) in [5.74, 6) is 0.416. The smallest absolute Gasteiger partial charge is 0.224 e. The standard InChI is InChI=1S/C16H19NO/c1-16(2,13-8-6-7-9-13)12-15(18)17-14-10-4-3-5-11-14/h3-11,13H,12H2,1-2H3,(H,17,18). The van der Waals surface area contributed by atoms with Gasteiger partial charge in [-0.3, -0.25) is 4.79 Å². The van der Waals surface area contributed by atoms with Crippen LogP contribution in [-0.2, 0) is 4.79 Å². The van der Waals surface area contributed by atoms with E-state index in [9.17, 15) is 4.79 Å². The normalized spacial score (nSPS) is 15.0. The number of hydrogen-bond donors (Lipinski definition) is 1. The number of benzene rings is 1. The van der Waals surface area contributed by atoms with Crippen molar-refractivity contribution in [1.29, 1.82) is 0 Å². The van der Waals surface area contributed by atoms with Crippen LogP contribution in [0.25, 0.3) is 0 Å². The minimum absolute atomic E-state index is 0.0532. The van der Waals surface area contributed by atoms with Crippen LogP contribution in [0.3, 0.4) is 0 Å². The highest BCUT2D eigenvalue weighted by Gasteiger charge is 2.29. The maximum absolute atomic E-state index is 12.0. The van der Waals surface area contributed by atoms with E-state index >= 15 is 0 Å². The largest absolute Gasteiger partial charge is 0.326 e. The molecule has 0 saturated carbocycles. The minimum Gasteiger partial charge on any atom is -0.326 e. The van der Waals surface area contributed by atoms with Crippen LogP contribution in [0.4, 0.5) is 5.69 Å². The molecule has 1 aromatic carbocycles. The molecule has 1 aliphatic rings. The summed E-state index contributed by atoms with van der Waals surface area (Å²) in [7, 11) is 0. The number of carbonyl (C=O) groups excluding carboxylic acids is 1. The number of carbonyl (C=O) groups is 1. The average molecular weight is 241 g/mol. The molecule has 0 unspecified atom stereocenters. The predicted molar refractivity (Wildman–Crippen MR) is 75.2 cm³/mol. The monoisotopic (exact) mass is 241 g/mol. The number of allylic oxidation sites excluding steroid dienone is 4. The Morgan fingerprint density at radius 1 is 1.17 bits per heavy atom. The summed E-state index contributed by atoms with van der Waals surface area (Å²) in [4.78, 5) is 12.0. The van der Waals surface area contributed by atoms with Crippen molar-refractivity contribution in [3.05, 3.63) is 54.6 Å². The van der Waals surface area contributed by atoms with E-state index in [4.69, 9.17) is 0 Å². The minimum atomic E-state index is -0.0532. The molecule has 1 amide bonds. The number of rotatable bonds is 4. The van der Waals surface area contributed by atoms with Crippen LogP contribution >= 0.6 is 0 Å². The van der Waals surface area contributed by atoms with E-state index < -0.39 is 0 Å². The average Bonchev–Trinajstić information content (AvgIpc) is 2.83. The van der Waals surface area contributed by atoms with Crippen LogP contribution in [0.5, 0.6) is 0 Å². The van der Waals surface area contributed by atoms with Crippen LogP contribution in [0.2, 0.25) is 0 Å². The maximum Gasteiger partial charge on any atom is 0.224 e. The third-order valence-corrected chi connectivity index (χ3v) is 3.32. The molecule has 0 heterocycles. The summed E-state index contributed by atoms with van der Waals surface area (Å²) in [6.45, 7) is 4.25. The molecular formula is C16H19NO. The second-order valence-electron chi connectivity index (χ2n) is 5.38. The fourth-order valence-corrected chi connectivity index (χ4v) is 2.21. The second-order valence-corrected chi connectivity index (χ2v) is 5.38. The molecular weight excluding hydrogens is 222 g/mol. The molecule has 2 rings (SSSR count). The van der Waals surface area contributed by atoms with Gasteiger partial charge in [-0.25, -0.2) is 0 Å². The summed E-state index contributed by atoms with van der Waals surface area (Å²) < 4.78 is 0. The molecule has 0 aromatic heterocycles. The zero-order valence-corrected chi connectivity index (χ0v) is 10.9. The summed E-state index contributed by atoms with van der Waals surface area (Å²) in [5, 5.41) is 2.93. The van der Waals surface area contributed by atoms with Gasteiger partial charge in [0.25, 0.3) is 0 Å². The Labute approximate surface area is 108 Å². The van der Waals surface area contributed by atoms with Crippen molar-refractivity contribution >= 4 is 11.6 Å². The van der Waals surface area contributed by atoms with Crippen molar-refractivity contribution in [3.8, 4) is 0 Å². The molecule has 2 nitrogen and oxygen atoms in total. The van der Waals surface area contributed by atoms with Gasteiger partial charge >= 0.3 is 0 Å². The number of anilines is 1. The lowest BCUT2D eigenvalue weighted by Gasteiger charge is -2.28. The molecule has 1 aromatic rings. The summed E-state index contributed by atoms with van der Waals surface area (Å²) in [6.07, 6.45) is 8.90. The highest BCUT2D eigenvalue weighted by molar-refractivity contribution is 5.91. The van der Waals surface area contributed by atoms with Crippen molar-refractivity contribution in [3.63, 3.8) is 0 Å². The van der Waals surface area contributed by atoms with E-state index in [2.05, 4.69) is 31.3 Å². The zero-order chi connectivity index (χ0) is 13.0. The van der Waals surface area contributed by atoms with Crippen LogP contribution < -0.4 is 5.32 Å². The fraction of sp³-hybridized carbons (Fsp3) is 0.312. The van der Waals surface area contributed by atoms with E-state index in [1.165, 1.54) is 0 Å². The van der Waals surface area contributed by atoms with Gasteiger partial charge in [0, 0.05) is 18.0 Å². The summed E-state index contributed by atoms with van der Waals surface area (Å²) in [5.41, 5.74) is 0.804. The Morgan fingerprint density at radius 2 is 1.78 bits per heavy atom. The van der Waals surface area contributed by atoms with Gasteiger partial charge in [0.05, 0.1) is 0 Å². The molecule has 0 aliphatic heterocycles. The Kier molecular flexibility index (Phi) is 3.66. The lowest BCUT2D eigenvalue weighted by atomic mass is 9.77. The molecule has 0 atom stereocenters. The van der Waals surface area contributed by atoms with Crippen molar-refractivity contribution in [2.75, 3.05) is 5.32 Å². The van der Waals surface area contributed by atoms with E-state index in [1.54, 1.807) is 0 Å². The number of amides is 1. The molecule has 94 valence electrons. The predicted octanol–water partition coefficient (Wildman–Crippen LogP) is 3.78. The molecule has 2 heteroatoms. The van der Waals surface area contributed by atoms with Crippen LogP contribution in [-0.4, -0.2) is 5.91 Å². The first-order valence-electron chi connectivity index (χ1n) is 6.28. The number of nitrogens with one attached hydrogen (secondary N) is 1. The van der Waals surface area contributed by atoms with Gasteiger partial charge in [0.1, 0.15) is 0 Å². The second kappa shape index (κ2) is 5.21. The molecule has 1 N–H and O–H groups in total. The van der Waals surface area contributed by atoms with Crippen molar-refractivity contribution in [2.45, 2.75) is 20.3 Å². The molecule has 0 saturated heterocycles. The zero-order valence-electron chi connectivity index (χ0n) is 10.9. The molecule has 0 fully saturated rings. The van der Waals surface area contributed by atoms with Gasteiger partial charge in [-0.1, -0.05) is 56.4 Å².